The van der Waals surface area contributed by atoms with Crippen molar-refractivity contribution in [2.24, 2.45) is 0 Å². The summed E-state index contributed by atoms with van der Waals surface area (Å²) in [5.41, 5.74) is 0.686. The summed E-state index contributed by atoms with van der Waals surface area (Å²) in [4.78, 5) is 26.9. The van der Waals surface area contributed by atoms with Gasteiger partial charge in [0.25, 0.3) is 0 Å². The van der Waals surface area contributed by atoms with Crippen molar-refractivity contribution in [3.63, 3.8) is 0 Å². The maximum Gasteiger partial charge on any atom is 0.410 e. The molecule has 1 aliphatic heterocycles. The molecule has 0 saturated carbocycles. The van der Waals surface area contributed by atoms with Crippen molar-refractivity contribution in [2.45, 2.75) is 51.9 Å². The first-order valence-corrected chi connectivity index (χ1v) is 11.4. The zero-order valence-electron chi connectivity index (χ0n) is 19.4. The van der Waals surface area contributed by atoms with Gasteiger partial charge in [0.1, 0.15) is 30.0 Å². The molecular formula is C24H26ClFN4O4. The van der Waals surface area contributed by atoms with Crippen LogP contribution >= 0.6 is 11.6 Å². The van der Waals surface area contributed by atoms with Crippen molar-refractivity contribution in [1.82, 2.24) is 19.9 Å². The highest BCUT2D eigenvalue weighted by atomic mass is 35.5. The number of hydrogen-bond donors (Lipinski definition) is 0. The van der Waals surface area contributed by atoms with Crippen LogP contribution in [0, 0.1) is 5.82 Å². The second kappa shape index (κ2) is 9.58. The van der Waals surface area contributed by atoms with E-state index in [2.05, 4.69) is 15.0 Å². The van der Waals surface area contributed by atoms with Gasteiger partial charge in [0, 0.05) is 24.6 Å². The van der Waals surface area contributed by atoms with Crippen molar-refractivity contribution in [1.29, 1.82) is 0 Å². The number of benzene rings is 1. The molecule has 4 rings (SSSR count). The van der Waals surface area contributed by atoms with Crippen molar-refractivity contribution in [3.8, 4) is 11.8 Å². The number of aromatic nitrogens is 3. The number of ether oxygens (including phenoxy) is 3. The molecule has 34 heavy (non-hydrogen) atoms. The van der Waals surface area contributed by atoms with Gasteiger partial charge in [0.2, 0.25) is 11.8 Å². The summed E-state index contributed by atoms with van der Waals surface area (Å²) < 4.78 is 31.8. The molecule has 8 nitrogen and oxygen atoms in total. The molecule has 0 bridgehead atoms. The molecule has 10 heteroatoms. The van der Waals surface area contributed by atoms with Crippen LogP contribution < -0.4 is 9.47 Å². The summed E-state index contributed by atoms with van der Waals surface area (Å²) >= 11 is 5.90. The predicted octanol–water partition coefficient (Wildman–Crippen LogP) is 5.35. The third kappa shape index (κ3) is 5.47. The number of carbonyl (C=O) groups is 1. The average Bonchev–Trinajstić information content (AvgIpc) is 3.23. The summed E-state index contributed by atoms with van der Waals surface area (Å²) in [5, 5.41) is 0.0197. The molecule has 1 unspecified atom stereocenters. The van der Waals surface area contributed by atoms with Crippen LogP contribution in [0.4, 0.5) is 9.18 Å². The molecule has 0 aliphatic carbocycles. The number of hydrogen-bond acceptors (Lipinski definition) is 7. The normalized spacial score (nSPS) is 17.0. The molecule has 1 amide bonds. The van der Waals surface area contributed by atoms with Gasteiger partial charge < -0.3 is 19.1 Å². The van der Waals surface area contributed by atoms with Crippen LogP contribution in [0.25, 0.3) is 11.0 Å². The van der Waals surface area contributed by atoms with Crippen LogP contribution in [0.2, 0.25) is 5.02 Å². The Hall–Kier alpha value is -3.20. The largest absolute Gasteiger partial charge is 0.472 e. The lowest BCUT2D eigenvalue weighted by Crippen LogP contribution is -2.36. The minimum absolute atomic E-state index is 0.0197. The number of likely N-dealkylation sites (tertiary alicyclic amines) is 1. The smallest absolute Gasteiger partial charge is 0.410 e. The van der Waals surface area contributed by atoms with Crippen LogP contribution in [0.3, 0.4) is 0 Å². The Morgan fingerprint density at radius 1 is 1.24 bits per heavy atom. The molecule has 0 radical (unpaired) electrons. The Morgan fingerprint density at radius 3 is 2.79 bits per heavy atom. The summed E-state index contributed by atoms with van der Waals surface area (Å²) in [6.45, 7) is 8.13. The summed E-state index contributed by atoms with van der Waals surface area (Å²) in [6, 6.07) is 8.19. The number of nitrogens with zero attached hydrogens (tertiary/aromatic N) is 4. The van der Waals surface area contributed by atoms with E-state index in [4.69, 9.17) is 25.8 Å². The van der Waals surface area contributed by atoms with Crippen molar-refractivity contribution in [2.75, 3.05) is 13.1 Å². The molecule has 180 valence electrons. The number of halogens is 2. The van der Waals surface area contributed by atoms with Crippen LogP contribution in [-0.4, -0.2) is 50.7 Å². The average molecular weight is 489 g/mol. The Balaban J connectivity index is 1.49. The van der Waals surface area contributed by atoms with E-state index in [1.54, 1.807) is 36.1 Å². The molecule has 1 aliphatic rings. The van der Waals surface area contributed by atoms with Crippen LogP contribution in [-0.2, 0) is 4.74 Å². The second-order valence-electron chi connectivity index (χ2n) is 9.05. The summed E-state index contributed by atoms with van der Waals surface area (Å²) in [7, 11) is 0. The molecule has 2 atom stereocenters. The van der Waals surface area contributed by atoms with Gasteiger partial charge in [0.05, 0.1) is 17.1 Å². The SMILES string of the molecule is CC(Oc1ncnc2ccc(O[C@H]3CCN(C(=O)OC(C)(C)C)C3)nc12)c1cccc(Cl)c1F. The van der Waals surface area contributed by atoms with Crippen LogP contribution in [0.5, 0.6) is 11.8 Å². The molecule has 3 heterocycles. The van der Waals surface area contributed by atoms with E-state index in [0.29, 0.717) is 42.0 Å². The highest BCUT2D eigenvalue weighted by Gasteiger charge is 2.31. The van der Waals surface area contributed by atoms with Gasteiger partial charge in [-0.3, -0.25) is 0 Å². The van der Waals surface area contributed by atoms with E-state index < -0.39 is 17.5 Å². The zero-order chi connectivity index (χ0) is 24.5. The number of rotatable bonds is 5. The van der Waals surface area contributed by atoms with Gasteiger partial charge >= 0.3 is 6.09 Å². The van der Waals surface area contributed by atoms with E-state index in [-0.39, 0.29) is 23.1 Å². The fraction of sp³-hybridized carbons (Fsp3) is 0.417. The quantitative estimate of drug-likeness (QED) is 0.478. The first kappa shape index (κ1) is 23.9. The number of fused-ring (bicyclic) bond motifs is 1. The van der Waals surface area contributed by atoms with E-state index in [9.17, 15) is 9.18 Å². The molecule has 2 aromatic heterocycles. The van der Waals surface area contributed by atoms with Crippen LogP contribution in [0.15, 0.2) is 36.7 Å². The first-order chi connectivity index (χ1) is 16.1. The molecular weight excluding hydrogens is 463 g/mol. The Morgan fingerprint density at radius 2 is 2.03 bits per heavy atom. The Kier molecular flexibility index (Phi) is 6.74. The molecule has 1 saturated heterocycles. The molecule has 3 aromatic rings. The number of carbonyl (C=O) groups excluding carboxylic acids is 1. The number of amides is 1. The molecule has 1 fully saturated rings. The van der Waals surface area contributed by atoms with Gasteiger partial charge in [-0.05, 0) is 39.8 Å². The first-order valence-electron chi connectivity index (χ1n) is 11.0. The highest BCUT2D eigenvalue weighted by Crippen LogP contribution is 2.30. The van der Waals surface area contributed by atoms with Crippen LogP contribution in [0.1, 0.15) is 45.8 Å². The maximum atomic E-state index is 14.4. The maximum absolute atomic E-state index is 14.4. The van der Waals surface area contributed by atoms with Gasteiger partial charge in [-0.1, -0.05) is 23.7 Å². The fourth-order valence-corrected chi connectivity index (χ4v) is 3.79. The molecule has 0 spiro atoms. The van der Waals surface area contributed by atoms with Gasteiger partial charge in [0.15, 0.2) is 5.52 Å². The van der Waals surface area contributed by atoms with Gasteiger partial charge in [-0.15, -0.1) is 0 Å². The minimum Gasteiger partial charge on any atom is -0.472 e. The standard InChI is InChI=1S/C24H26ClFN4O4/c1-14(16-6-5-7-17(25)20(16)26)32-22-21-18(27-13-28-22)8-9-19(29-21)33-15-10-11-30(12-15)23(31)34-24(2,3)4/h5-9,13-15H,10-12H2,1-4H3/t14?,15-/m0/s1. The molecule has 1 aromatic carbocycles. The topological polar surface area (TPSA) is 86.7 Å². The Labute approximate surface area is 202 Å². The lowest BCUT2D eigenvalue weighted by atomic mass is 10.1. The summed E-state index contributed by atoms with van der Waals surface area (Å²) in [6.07, 6.45) is 0.748. The van der Waals surface area contributed by atoms with E-state index >= 15 is 0 Å². The van der Waals surface area contributed by atoms with E-state index in [1.807, 2.05) is 20.8 Å². The highest BCUT2D eigenvalue weighted by molar-refractivity contribution is 6.30. The lowest BCUT2D eigenvalue weighted by Gasteiger charge is -2.24. The van der Waals surface area contributed by atoms with Gasteiger partial charge in [-0.25, -0.2) is 19.2 Å². The Bertz CT molecular complexity index is 1200. The second-order valence-corrected chi connectivity index (χ2v) is 9.46. The van der Waals surface area contributed by atoms with Crippen molar-refractivity contribution in [3.05, 3.63) is 53.1 Å². The lowest BCUT2D eigenvalue weighted by molar-refractivity contribution is 0.0275. The molecule has 0 N–H and O–H groups in total. The van der Waals surface area contributed by atoms with Crippen molar-refractivity contribution >= 4 is 28.7 Å². The van der Waals surface area contributed by atoms with E-state index in [1.165, 1.54) is 12.4 Å². The van der Waals surface area contributed by atoms with E-state index in [0.717, 1.165) is 0 Å². The summed E-state index contributed by atoms with van der Waals surface area (Å²) in [5.74, 6) is 0.0108. The predicted molar refractivity (Wildman–Crippen MR) is 125 cm³/mol. The minimum atomic E-state index is -0.666. The third-order valence-electron chi connectivity index (χ3n) is 5.21. The third-order valence-corrected chi connectivity index (χ3v) is 5.51. The monoisotopic (exact) mass is 488 g/mol. The fourth-order valence-electron chi connectivity index (χ4n) is 3.60. The zero-order valence-corrected chi connectivity index (χ0v) is 20.2. The number of pyridine rings is 1. The van der Waals surface area contributed by atoms with Crippen molar-refractivity contribution < 1.29 is 23.4 Å². The van der Waals surface area contributed by atoms with Gasteiger partial charge in [-0.2, -0.15) is 4.98 Å².